The van der Waals surface area contributed by atoms with Gasteiger partial charge in [-0.05, 0) is 24.3 Å². The van der Waals surface area contributed by atoms with E-state index in [1.165, 1.54) is 6.33 Å². The molecule has 0 bridgehead atoms. The fourth-order valence-electron chi connectivity index (χ4n) is 2.45. The number of rotatable bonds is 6. The SMILES string of the molecule is COc1cc(OC)cc(-c2ncnc(-c3cc(OC)cc(OC)c3)n2)c1. The van der Waals surface area contributed by atoms with Crippen molar-refractivity contribution in [1.29, 1.82) is 0 Å². The van der Waals surface area contributed by atoms with Gasteiger partial charge >= 0.3 is 0 Å². The van der Waals surface area contributed by atoms with Crippen LogP contribution in [0.5, 0.6) is 23.0 Å². The molecule has 1 aromatic heterocycles. The lowest BCUT2D eigenvalue weighted by Crippen LogP contribution is -1.97. The zero-order valence-corrected chi connectivity index (χ0v) is 15.0. The van der Waals surface area contributed by atoms with Crippen LogP contribution in [0.3, 0.4) is 0 Å². The van der Waals surface area contributed by atoms with Gasteiger partial charge in [-0.3, -0.25) is 0 Å². The van der Waals surface area contributed by atoms with Crippen molar-refractivity contribution >= 4 is 0 Å². The molecule has 0 N–H and O–H groups in total. The van der Waals surface area contributed by atoms with Crippen LogP contribution in [0.4, 0.5) is 0 Å². The fraction of sp³-hybridized carbons (Fsp3) is 0.211. The van der Waals surface area contributed by atoms with Gasteiger partial charge in [-0.25, -0.2) is 15.0 Å². The molecule has 0 unspecified atom stereocenters. The molecule has 26 heavy (non-hydrogen) atoms. The summed E-state index contributed by atoms with van der Waals surface area (Å²) in [7, 11) is 6.39. The monoisotopic (exact) mass is 353 g/mol. The van der Waals surface area contributed by atoms with Gasteiger partial charge in [0.05, 0.1) is 28.4 Å². The molecular formula is C19H19N3O4. The Balaban J connectivity index is 2.07. The second-order valence-electron chi connectivity index (χ2n) is 5.34. The van der Waals surface area contributed by atoms with E-state index in [0.717, 1.165) is 11.1 Å². The van der Waals surface area contributed by atoms with Crippen molar-refractivity contribution in [1.82, 2.24) is 15.0 Å². The average Bonchev–Trinajstić information content (AvgIpc) is 2.72. The molecule has 0 spiro atoms. The van der Waals surface area contributed by atoms with E-state index in [2.05, 4.69) is 15.0 Å². The summed E-state index contributed by atoms with van der Waals surface area (Å²) in [4.78, 5) is 13.1. The third kappa shape index (κ3) is 3.66. The van der Waals surface area contributed by atoms with Crippen LogP contribution in [0, 0.1) is 0 Å². The van der Waals surface area contributed by atoms with E-state index in [1.807, 2.05) is 24.3 Å². The van der Waals surface area contributed by atoms with Crippen LogP contribution in [0.15, 0.2) is 42.7 Å². The molecule has 3 rings (SSSR count). The third-order valence-electron chi connectivity index (χ3n) is 3.79. The zero-order chi connectivity index (χ0) is 18.5. The third-order valence-corrected chi connectivity index (χ3v) is 3.79. The predicted molar refractivity (Wildman–Crippen MR) is 96.9 cm³/mol. The van der Waals surface area contributed by atoms with Crippen molar-refractivity contribution in [3.05, 3.63) is 42.7 Å². The summed E-state index contributed by atoms with van der Waals surface area (Å²) in [5.74, 6) is 3.64. The summed E-state index contributed by atoms with van der Waals surface area (Å²) >= 11 is 0. The maximum atomic E-state index is 5.31. The molecule has 7 heteroatoms. The largest absolute Gasteiger partial charge is 0.497 e. The highest BCUT2D eigenvalue weighted by molar-refractivity contribution is 5.65. The van der Waals surface area contributed by atoms with Crippen molar-refractivity contribution in [2.24, 2.45) is 0 Å². The molecule has 1 heterocycles. The Morgan fingerprint density at radius 1 is 0.538 bits per heavy atom. The molecule has 0 amide bonds. The summed E-state index contributed by atoms with van der Waals surface area (Å²) in [6.07, 6.45) is 1.47. The molecule has 0 aliphatic heterocycles. The van der Waals surface area contributed by atoms with Crippen molar-refractivity contribution in [2.45, 2.75) is 0 Å². The second kappa shape index (κ2) is 7.69. The number of hydrogen-bond donors (Lipinski definition) is 0. The normalized spacial score (nSPS) is 10.3. The summed E-state index contributed by atoms with van der Waals surface area (Å²) < 4.78 is 21.2. The Morgan fingerprint density at radius 2 is 0.885 bits per heavy atom. The number of benzene rings is 2. The van der Waals surface area contributed by atoms with Gasteiger partial charge in [-0.1, -0.05) is 0 Å². The molecule has 0 atom stereocenters. The summed E-state index contributed by atoms with van der Waals surface area (Å²) in [6.45, 7) is 0. The molecule has 0 fully saturated rings. The van der Waals surface area contributed by atoms with Gasteiger partial charge in [0.2, 0.25) is 0 Å². The molecule has 2 aromatic carbocycles. The fourth-order valence-corrected chi connectivity index (χ4v) is 2.45. The highest BCUT2D eigenvalue weighted by Gasteiger charge is 2.11. The minimum Gasteiger partial charge on any atom is -0.497 e. The standard InChI is InChI=1S/C19H19N3O4/c1-23-14-5-12(6-15(9-14)24-2)18-20-11-21-19(22-18)13-7-16(25-3)10-17(8-13)26-4/h5-11H,1-4H3. The van der Waals surface area contributed by atoms with Crippen molar-refractivity contribution in [2.75, 3.05) is 28.4 Å². The van der Waals surface area contributed by atoms with Gasteiger partial charge in [0, 0.05) is 23.3 Å². The van der Waals surface area contributed by atoms with Crippen LogP contribution in [0.25, 0.3) is 22.8 Å². The van der Waals surface area contributed by atoms with Gasteiger partial charge in [-0.2, -0.15) is 0 Å². The first-order chi connectivity index (χ1) is 12.7. The Labute approximate surface area is 151 Å². The van der Waals surface area contributed by atoms with E-state index in [0.29, 0.717) is 34.6 Å². The minimum atomic E-state index is 0.508. The molecule has 0 aliphatic carbocycles. The molecular weight excluding hydrogens is 334 g/mol. The Kier molecular flexibility index (Phi) is 5.17. The minimum absolute atomic E-state index is 0.508. The van der Waals surface area contributed by atoms with E-state index >= 15 is 0 Å². The van der Waals surface area contributed by atoms with Crippen molar-refractivity contribution < 1.29 is 18.9 Å². The summed E-state index contributed by atoms with van der Waals surface area (Å²) in [5.41, 5.74) is 1.53. The van der Waals surface area contributed by atoms with Gasteiger partial charge in [-0.15, -0.1) is 0 Å². The van der Waals surface area contributed by atoms with Crippen LogP contribution in [0.2, 0.25) is 0 Å². The zero-order valence-electron chi connectivity index (χ0n) is 15.0. The van der Waals surface area contributed by atoms with Crippen LogP contribution < -0.4 is 18.9 Å². The molecule has 7 nitrogen and oxygen atoms in total. The molecule has 134 valence electrons. The van der Waals surface area contributed by atoms with Crippen molar-refractivity contribution in [3.8, 4) is 45.8 Å². The quantitative estimate of drug-likeness (QED) is 0.673. The van der Waals surface area contributed by atoms with Gasteiger partial charge < -0.3 is 18.9 Å². The number of aromatic nitrogens is 3. The van der Waals surface area contributed by atoms with E-state index in [1.54, 1.807) is 40.6 Å². The first-order valence-corrected chi connectivity index (χ1v) is 7.82. The van der Waals surface area contributed by atoms with Crippen LogP contribution >= 0.6 is 0 Å². The number of ether oxygens (including phenoxy) is 4. The topological polar surface area (TPSA) is 75.6 Å². The molecule has 0 saturated heterocycles. The van der Waals surface area contributed by atoms with Gasteiger partial charge in [0.25, 0.3) is 0 Å². The number of methoxy groups -OCH3 is 4. The van der Waals surface area contributed by atoms with Crippen LogP contribution in [-0.4, -0.2) is 43.4 Å². The summed E-state index contributed by atoms with van der Waals surface area (Å²) in [6, 6.07) is 10.9. The highest BCUT2D eigenvalue weighted by atomic mass is 16.5. The molecule has 0 saturated carbocycles. The predicted octanol–water partition coefficient (Wildman–Crippen LogP) is 3.24. The Bertz CT molecular complexity index is 800. The highest BCUT2D eigenvalue weighted by Crippen LogP contribution is 2.30. The van der Waals surface area contributed by atoms with E-state index in [-0.39, 0.29) is 0 Å². The smallest absolute Gasteiger partial charge is 0.163 e. The van der Waals surface area contributed by atoms with E-state index < -0.39 is 0 Å². The second-order valence-corrected chi connectivity index (χ2v) is 5.34. The Hall–Kier alpha value is -3.35. The lowest BCUT2D eigenvalue weighted by molar-refractivity contribution is 0.394. The maximum absolute atomic E-state index is 5.31. The number of hydrogen-bond acceptors (Lipinski definition) is 7. The Morgan fingerprint density at radius 3 is 1.19 bits per heavy atom. The van der Waals surface area contributed by atoms with Gasteiger partial charge in [0.1, 0.15) is 29.3 Å². The lowest BCUT2D eigenvalue weighted by Gasteiger charge is -2.10. The van der Waals surface area contributed by atoms with Gasteiger partial charge in [0.15, 0.2) is 11.6 Å². The summed E-state index contributed by atoms with van der Waals surface area (Å²) in [5, 5.41) is 0. The van der Waals surface area contributed by atoms with Crippen molar-refractivity contribution in [3.63, 3.8) is 0 Å². The lowest BCUT2D eigenvalue weighted by atomic mass is 10.1. The van der Waals surface area contributed by atoms with E-state index in [4.69, 9.17) is 18.9 Å². The maximum Gasteiger partial charge on any atom is 0.163 e. The van der Waals surface area contributed by atoms with Crippen LogP contribution in [-0.2, 0) is 0 Å². The molecule has 3 aromatic rings. The van der Waals surface area contributed by atoms with Crippen LogP contribution in [0.1, 0.15) is 0 Å². The average molecular weight is 353 g/mol. The number of nitrogens with zero attached hydrogens (tertiary/aromatic N) is 3. The first kappa shape index (κ1) is 17.5. The molecule has 0 aliphatic rings. The molecule has 0 radical (unpaired) electrons. The van der Waals surface area contributed by atoms with E-state index in [9.17, 15) is 0 Å². The first-order valence-electron chi connectivity index (χ1n) is 7.82.